The van der Waals surface area contributed by atoms with E-state index in [0.29, 0.717) is 12.8 Å². The molecule has 2 aliphatic rings. The number of amides is 1. The molecule has 0 aromatic heterocycles. The fraction of sp³-hybridized carbons (Fsp3) is 0.878. The van der Waals surface area contributed by atoms with E-state index in [0.717, 1.165) is 83.5 Å². The molecule has 0 saturated carbocycles. The Hall–Kier alpha value is -2.05. The van der Waals surface area contributed by atoms with Crippen LogP contribution in [0.3, 0.4) is 0 Å². The summed E-state index contributed by atoms with van der Waals surface area (Å²) in [5.41, 5.74) is 0. The van der Waals surface area contributed by atoms with Gasteiger partial charge in [0.2, 0.25) is 5.91 Å². The van der Waals surface area contributed by atoms with Crippen LogP contribution in [-0.4, -0.2) is 140 Å². The maximum Gasteiger partial charge on any atom is 0.220 e. The smallest absolute Gasteiger partial charge is 0.220 e. The van der Waals surface area contributed by atoms with Crippen molar-refractivity contribution in [2.24, 2.45) is 0 Å². The summed E-state index contributed by atoms with van der Waals surface area (Å²) in [6, 6.07) is -0.833. The number of nitrogens with one attached hydrogen (secondary N) is 1. The first kappa shape index (κ1) is 82.0. The minimum atomic E-state index is -1.78. The molecule has 0 radical (unpaired) electrons. The molecule has 0 aliphatic carbocycles. The van der Waals surface area contributed by atoms with E-state index in [9.17, 15) is 45.6 Å². The second-order valence-corrected chi connectivity index (χ2v) is 26.0. The van der Waals surface area contributed by atoms with Crippen molar-refractivity contribution in [3.8, 4) is 0 Å². The lowest BCUT2D eigenvalue weighted by molar-refractivity contribution is -0.359. The highest BCUT2D eigenvalue weighted by atomic mass is 16.7. The van der Waals surface area contributed by atoms with Gasteiger partial charge < -0.3 is 65.1 Å². The Morgan fingerprint density at radius 1 is 0.420 bits per heavy atom. The topological polar surface area (TPSA) is 228 Å². The summed E-state index contributed by atoms with van der Waals surface area (Å²) in [5.74, 6) is -0.205. The maximum absolute atomic E-state index is 13.4. The van der Waals surface area contributed by atoms with Crippen LogP contribution in [0, 0.1) is 0 Å². The first-order valence-corrected chi connectivity index (χ1v) is 36.9. The number of rotatable bonds is 61. The quantitative estimate of drug-likeness (QED) is 0.0204. The van der Waals surface area contributed by atoms with Crippen molar-refractivity contribution in [2.45, 2.75) is 396 Å². The van der Waals surface area contributed by atoms with Crippen LogP contribution >= 0.6 is 0 Å². The van der Waals surface area contributed by atoms with Crippen LogP contribution < -0.4 is 5.32 Å². The Morgan fingerprint density at radius 2 is 0.784 bits per heavy atom. The van der Waals surface area contributed by atoms with Crippen molar-refractivity contribution in [3.05, 3.63) is 48.6 Å². The summed E-state index contributed by atoms with van der Waals surface area (Å²) in [4.78, 5) is 13.4. The first-order valence-electron chi connectivity index (χ1n) is 36.9. The number of hydrogen-bond donors (Lipinski definition) is 9. The molecule has 0 aromatic rings. The van der Waals surface area contributed by atoms with Crippen molar-refractivity contribution < 1.29 is 64.6 Å². The third-order valence-corrected chi connectivity index (χ3v) is 18.1. The van der Waals surface area contributed by atoms with Gasteiger partial charge in [0.05, 0.1) is 32.0 Å². The number of ether oxygens (including phenoxy) is 4. The van der Waals surface area contributed by atoms with Gasteiger partial charge in [-0.25, -0.2) is 0 Å². The third kappa shape index (κ3) is 42.2. The molecule has 2 rings (SSSR count). The maximum atomic E-state index is 13.4. The van der Waals surface area contributed by atoms with Gasteiger partial charge in [0, 0.05) is 6.42 Å². The number of allylic oxidation sites excluding steroid dienone is 8. The zero-order valence-corrected chi connectivity index (χ0v) is 56.2. The summed E-state index contributed by atoms with van der Waals surface area (Å²) in [5, 5.41) is 87.7. The molecule has 2 aliphatic heterocycles. The van der Waals surface area contributed by atoms with Crippen LogP contribution in [0.4, 0.5) is 0 Å². The Labute approximate surface area is 537 Å². The minimum absolute atomic E-state index is 0.205. The van der Waals surface area contributed by atoms with Crippen molar-refractivity contribution in [1.29, 1.82) is 0 Å². The lowest BCUT2D eigenvalue weighted by Gasteiger charge is -2.46. The summed E-state index contributed by atoms with van der Waals surface area (Å²) in [6.07, 6.45) is 59.9. The van der Waals surface area contributed by atoms with Gasteiger partial charge in [-0.2, -0.15) is 0 Å². The first-order chi connectivity index (χ1) is 43.1. The van der Waals surface area contributed by atoms with Crippen molar-refractivity contribution >= 4 is 5.91 Å². The predicted molar refractivity (Wildman–Crippen MR) is 360 cm³/mol. The zero-order chi connectivity index (χ0) is 63.8. The fourth-order valence-electron chi connectivity index (χ4n) is 12.2. The molecule has 0 aromatic carbocycles. The molecule has 2 heterocycles. The molecule has 12 atom stereocenters. The Morgan fingerprint density at radius 3 is 1.20 bits per heavy atom. The molecule has 0 spiro atoms. The summed E-state index contributed by atoms with van der Waals surface area (Å²) < 4.78 is 22.9. The van der Waals surface area contributed by atoms with Crippen LogP contribution in [0.5, 0.6) is 0 Å². The third-order valence-electron chi connectivity index (χ3n) is 18.1. The van der Waals surface area contributed by atoms with Crippen molar-refractivity contribution in [2.75, 3.05) is 19.8 Å². The molecule has 516 valence electrons. The number of carbonyl (C=O) groups is 1. The molecule has 9 N–H and O–H groups in total. The Balaban J connectivity index is 1.65. The van der Waals surface area contributed by atoms with E-state index in [1.54, 1.807) is 0 Å². The van der Waals surface area contributed by atoms with Crippen molar-refractivity contribution in [3.63, 3.8) is 0 Å². The lowest BCUT2D eigenvalue weighted by atomic mass is 9.97. The van der Waals surface area contributed by atoms with E-state index in [1.165, 1.54) is 212 Å². The van der Waals surface area contributed by atoms with Gasteiger partial charge in [-0.15, -0.1) is 0 Å². The molecular formula is C74H137NO13. The van der Waals surface area contributed by atoms with Gasteiger partial charge in [0.1, 0.15) is 48.8 Å². The monoisotopic (exact) mass is 1250 g/mol. The van der Waals surface area contributed by atoms with E-state index in [1.807, 2.05) is 0 Å². The molecule has 2 saturated heterocycles. The van der Waals surface area contributed by atoms with E-state index in [4.69, 9.17) is 18.9 Å². The number of aliphatic hydroxyl groups excluding tert-OH is 8. The van der Waals surface area contributed by atoms with E-state index >= 15 is 0 Å². The molecule has 12 unspecified atom stereocenters. The molecule has 14 heteroatoms. The normalized spacial score (nSPS) is 23.4. The second-order valence-electron chi connectivity index (χ2n) is 26.0. The van der Waals surface area contributed by atoms with E-state index in [-0.39, 0.29) is 12.5 Å². The number of unbranched alkanes of at least 4 members (excludes halogenated alkanes) is 40. The molecule has 14 nitrogen and oxygen atoms in total. The van der Waals surface area contributed by atoms with Gasteiger partial charge in [-0.3, -0.25) is 4.79 Å². The Bertz CT molecular complexity index is 1660. The summed E-state index contributed by atoms with van der Waals surface area (Å²) >= 11 is 0. The van der Waals surface area contributed by atoms with Gasteiger partial charge in [-0.05, 0) is 51.4 Å². The Kier molecular flexibility index (Phi) is 54.8. The van der Waals surface area contributed by atoms with Crippen LogP contribution in [-0.2, 0) is 23.7 Å². The highest BCUT2D eigenvalue weighted by Crippen LogP contribution is 2.30. The van der Waals surface area contributed by atoms with E-state index in [2.05, 4.69) is 67.8 Å². The second kappa shape index (κ2) is 58.7. The highest BCUT2D eigenvalue weighted by molar-refractivity contribution is 5.76. The number of hydrogen-bond acceptors (Lipinski definition) is 13. The van der Waals surface area contributed by atoms with Crippen LogP contribution in [0.1, 0.15) is 322 Å². The molecule has 0 bridgehead atoms. The molecular weight excluding hydrogens is 1110 g/mol. The highest BCUT2D eigenvalue weighted by Gasteiger charge is 2.51. The van der Waals surface area contributed by atoms with Gasteiger partial charge in [-0.1, -0.05) is 313 Å². The van der Waals surface area contributed by atoms with Crippen LogP contribution in [0.2, 0.25) is 0 Å². The van der Waals surface area contributed by atoms with Gasteiger partial charge in [0.15, 0.2) is 12.6 Å². The zero-order valence-electron chi connectivity index (χ0n) is 56.2. The van der Waals surface area contributed by atoms with Gasteiger partial charge in [0.25, 0.3) is 0 Å². The van der Waals surface area contributed by atoms with Crippen LogP contribution in [0.25, 0.3) is 0 Å². The standard InChI is InChI=1S/C74H137NO13/c1-3-5-7-9-11-13-15-17-19-21-23-25-27-29-30-31-32-34-35-37-39-41-43-45-47-49-51-53-55-57-63(78)62(61-85-73-71(84)69(82)72(65(60-77)87-73)88-74-70(83)68(81)67(80)64(59-76)86-74)75-66(79)58-56-54-52-50-48-46-44-42-40-38-36-33-28-26-24-22-20-18-16-14-12-10-8-6-4-2/h6,8,12,14,18,20,24,26,62-65,67-74,76-78,80-84H,3-5,7,9-11,13,15-17,19,21-23,25,27-61H2,1-2H3,(H,75,79)/b8-6-,14-12-,20-18-,26-24-. The molecule has 88 heavy (non-hydrogen) atoms. The number of aliphatic hydroxyl groups is 8. The molecule has 1 amide bonds. The SMILES string of the molecule is CC/C=C\C/C=C\C/C=C\C/C=C\CCCCCCCCCCCCCCC(=O)NC(COC1OC(CO)C(OC2OC(CO)C(O)C(O)C2O)C(O)C1O)C(O)CCCCCCCCCCCCCCCCCCCCCCCCCCCCCCC. The fourth-order valence-corrected chi connectivity index (χ4v) is 12.2. The van der Waals surface area contributed by atoms with Crippen LogP contribution in [0.15, 0.2) is 48.6 Å². The summed E-state index contributed by atoms with van der Waals surface area (Å²) in [7, 11) is 0. The minimum Gasteiger partial charge on any atom is -0.394 e. The van der Waals surface area contributed by atoms with E-state index < -0.39 is 86.8 Å². The predicted octanol–water partition coefficient (Wildman–Crippen LogP) is 15.5. The lowest BCUT2D eigenvalue weighted by Crippen LogP contribution is -2.65. The number of carbonyl (C=O) groups excluding carboxylic acids is 1. The summed E-state index contributed by atoms with van der Waals surface area (Å²) in [6.45, 7) is 2.80. The van der Waals surface area contributed by atoms with Crippen molar-refractivity contribution in [1.82, 2.24) is 5.32 Å². The molecule has 2 fully saturated rings. The largest absolute Gasteiger partial charge is 0.394 e. The van der Waals surface area contributed by atoms with Gasteiger partial charge >= 0.3 is 0 Å². The average molecular weight is 1250 g/mol. The average Bonchev–Trinajstić information content (AvgIpc) is 2.07.